The molecule has 3 nitrogen and oxygen atoms in total. The van der Waals surface area contributed by atoms with Crippen LogP contribution in [-0.2, 0) is 6.18 Å². The summed E-state index contributed by atoms with van der Waals surface area (Å²) < 4.78 is 38.3. The predicted molar refractivity (Wildman–Crippen MR) is 76.9 cm³/mol. The number of halogens is 4. The first-order chi connectivity index (χ1) is 9.65. The molecule has 21 heavy (non-hydrogen) atoms. The number of aliphatic hydroxyl groups is 1. The van der Waals surface area contributed by atoms with E-state index in [2.05, 4.69) is 21.2 Å². The number of alkyl halides is 3. The Labute approximate surface area is 129 Å². The lowest BCUT2D eigenvalue weighted by Gasteiger charge is -2.19. The van der Waals surface area contributed by atoms with E-state index in [-0.39, 0.29) is 22.6 Å². The molecule has 1 aromatic carbocycles. The Hall–Kier alpha value is -1.08. The number of amides is 1. The molecule has 118 valence electrons. The van der Waals surface area contributed by atoms with E-state index in [4.69, 9.17) is 0 Å². The first kappa shape index (κ1) is 18.0. The fraction of sp³-hybridized carbons (Fsp3) is 0.500. The maximum absolute atomic E-state index is 12.7. The minimum Gasteiger partial charge on any atom is -0.394 e. The predicted octanol–water partition coefficient (Wildman–Crippen LogP) is 3.60. The van der Waals surface area contributed by atoms with Crippen LogP contribution in [0.2, 0.25) is 0 Å². The number of benzene rings is 1. The van der Waals surface area contributed by atoms with Gasteiger partial charge in [-0.05, 0) is 46.5 Å². The molecule has 1 unspecified atom stereocenters. The quantitative estimate of drug-likeness (QED) is 0.835. The molecule has 7 heteroatoms. The fourth-order valence-corrected chi connectivity index (χ4v) is 2.31. The summed E-state index contributed by atoms with van der Waals surface area (Å²) in [6, 6.07) is 2.40. The molecule has 0 radical (unpaired) electrons. The summed E-state index contributed by atoms with van der Waals surface area (Å²) >= 11 is 3.07. The lowest BCUT2D eigenvalue weighted by molar-refractivity contribution is -0.137. The van der Waals surface area contributed by atoms with Crippen molar-refractivity contribution in [1.82, 2.24) is 5.32 Å². The molecule has 1 rings (SSSR count). The van der Waals surface area contributed by atoms with Gasteiger partial charge in [-0.25, -0.2) is 0 Å². The first-order valence-electron chi connectivity index (χ1n) is 6.43. The van der Waals surface area contributed by atoms with Crippen LogP contribution < -0.4 is 5.32 Å². The molecule has 0 aliphatic heterocycles. The van der Waals surface area contributed by atoms with E-state index in [0.29, 0.717) is 6.42 Å². The molecule has 1 amide bonds. The lowest BCUT2D eigenvalue weighted by Crippen LogP contribution is -2.38. The SMILES string of the molecule is CC(C)CC(CO)NC(=O)c1cc(C(F)(F)F)ccc1Br. The minimum absolute atomic E-state index is 0.105. The van der Waals surface area contributed by atoms with Gasteiger partial charge in [-0.3, -0.25) is 4.79 Å². The van der Waals surface area contributed by atoms with Crippen LogP contribution in [0.15, 0.2) is 22.7 Å². The zero-order valence-electron chi connectivity index (χ0n) is 11.7. The summed E-state index contributed by atoms with van der Waals surface area (Å²) in [5.74, 6) is -0.403. The van der Waals surface area contributed by atoms with Crippen molar-refractivity contribution >= 4 is 21.8 Å². The van der Waals surface area contributed by atoms with E-state index < -0.39 is 23.7 Å². The third-order valence-electron chi connectivity index (χ3n) is 2.85. The van der Waals surface area contributed by atoms with Crippen molar-refractivity contribution in [2.45, 2.75) is 32.5 Å². The second kappa shape index (κ2) is 7.26. The van der Waals surface area contributed by atoms with E-state index in [1.165, 1.54) is 6.07 Å². The van der Waals surface area contributed by atoms with Crippen LogP contribution in [0.5, 0.6) is 0 Å². The topological polar surface area (TPSA) is 49.3 Å². The molecule has 0 spiro atoms. The van der Waals surface area contributed by atoms with Crippen LogP contribution in [0.4, 0.5) is 13.2 Å². The molecule has 0 heterocycles. The van der Waals surface area contributed by atoms with Gasteiger partial charge in [0.15, 0.2) is 0 Å². The number of rotatable bonds is 5. The van der Waals surface area contributed by atoms with Crippen LogP contribution in [0.25, 0.3) is 0 Å². The highest BCUT2D eigenvalue weighted by Gasteiger charge is 2.31. The van der Waals surface area contributed by atoms with Crippen LogP contribution in [0.3, 0.4) is 0 Å². The molecule has 0 aliphatic carbocycles. The Morgan fingerprint density at radius 1 is 1.38 bits per heavy atom. The third kappa shape index (κ3) is 5.32. The molecule has 0 aromatic heterocycles. The number of aliphatic hydroxyl groups excluding tert-OH is 1. The fourth-order valence-electron chi connectivity index (χ4n) is 1.89. The summed E-state index contributed by atoms with van der Waals surface area (Å²) in [6.07, 6.45) is -3.97. The minimum atomic E-state index is -4.51. The summed E-state index contributed by atoms with van der Waals surface area (Å²) in [5.41, 5.74) is -0.993. The van der Waals surface area contributed by atoms with E-state index in [1.807, 2.05) is 13.8 Å². The van der Waals surface area contributed by atoms with Crippen molar-refractivity contribution in [2.75, 3.05) is 6.61 Å². The average molecular weight is 368 g/mol. The monoisotopic (exact) mass is 367 g/mol. The van der Waals surface area contributed by atoms with E-state index >= 15 is 0 Å². The van der Waals surface area contributed by atoms with Gasteiger partial charge in [0.25, 0.3) is 5.91 Å². The summed E-state index contributed by atoms with van der Waals surface area (Å²) in [4.78, 5) is 12.1. The Bertz CT molecular complexity index is 503. The van der Waals surface area contributed by atoms with E-state index in [9.17, 15) is 23.1 Å². The standard InChI is InChI=1S/C14H17BrF3NO2/c1-8(2)5-10(7-20)19-13(21)11-6-9(14(16,17)18)3-4-12(11)15/h3-4,6,8,10,20H,5,7H2,1-2H3,(H,19,21). The second-order valence-electron chi connectivity index (χ2n) is 5.17. The Morgan fingerprint density at radius 2 is 2.00 bits per heavy atom. The highest BCUT2D eigenvalue weighted by atomic mass is 79.9. The van der Waals surface area contributed by atoms with Crippen molar-refractivity contribution < 1.29 is 23.1 Å². The van der Waals surface area contributed by atoms with Gasteiger partial charge in [0.1, 0.15) is 0 Å². The van der Waals surface area contributed by atoms with Gasteiger partial charge in [-0.15, -0.1) is 0 Å². The van der Waals surface area contributed by atoms with Gasteiger partial charge in [0.05, 0.1) is 23.8 Å². The van der Waals surface area contributed by atoms with E-state index in [1.54, 1.807) is 0 Å². The number of hydrogen-bond acceptors (Lipinski definition) is 2. The zero-order valence-corrected chi connectivity index (χ0v) is 13.3. The van der Waals surface area contributed by atoms with Crippen molar-refractivity contribution in [3.05, 3.63) is 33.8 Å². The maximum Gasteiger partial charge on any atom is 0.416 e. The number of carbonyl (C=O) groups excluding carboxylic acids is 1. The Morgan fingerprint density at radius 3 is 2.48 bits per heavy atom. The van der Waals surface area contributed by atoms with Crippen molar-refractivity contribution in [2.24, 2.45) is 5.92 Å². The largest absolute Gasteiger partial charge is 0.416 e. The van der Waals surface area contributed by atoms with Crippen LogP contribution in [0, 0.1) is 5.92 Å². The van der Waals surface area contributed by atoms with Crippen LogP contribution in [0.1, 0.15) is 36.2 Å². The van der Waals surface area contributed by atoms with Gasteiger partial charge in [0, 0.05) is 4.47 Å². The van der Waals surface area contributed by atoms with E-state index in [0.717, 1.165) is 12.1 Å². The molecule has 2 N–H and O–H groups in total. The molecule has 0 bridgehead atoms. The van der Waals surface area contributed by atoms with Gasteiger partial charge in [-0.1, -0.05) is 13.8 Å². The molecule has 0 aliphatic rings. The lowest BCUT2D eigenvalue weighted by atomic mass is 10.0. The number of carbonyl (C=O) groups is 1. The van der Waals surface area contributed by atoms with Crippen LogP contribution in [-0.4, -0.2) is 23.7 Å². The van der Waals surface area contributed by atoms with Gasteiger partial charge >= 0.3 is 6.18 Å². The molecule has 0 saturated heterocycles. The molecular weight excluding hydrogens is 351 g/mol. The number of hydrogen-bond donors (Lipinski definition) is 2. The van der Waals surface area contributed by atoms with Gasteiger partial charge in [0.2, 0.25) is 0 Å². The van der Waals surface area contributed by atoms with Gasteiger partial charge < -0.3 is 10.4 Å². The zero-order chi connectivity index (χ0) is 16.2. The highest BCUT2D eigenvalue weighted by molar-refractivity contribution is 9.10. The van der Waals surface area contributed by atoms with Crippen molar-refractivity contribution in [1.29, 1.82) is 0 Å². The molecule has 1 atom stereocenters. The highest BCUT2D eigenvalue weighted by Crippen LogP contribution is 2.31. The van der Waals surface area contributed by atoms with Crippen molar-refractivity contribution in [3.63, 3.8) is 0 Å². The second-order valence-corrected chi connectivity index (χ2v) is 6.03. The normalized spacial score (nSPS) is 13.3. The average Bonchev–Trinajstić information content (AvgIpc) is 2.36. The molecule has 1 aromatic rings. The molecule has 0 saturated carbocycles. The molecule has 0 fully saturated rings. The summed E-state index contributed by atoms with van der Waals surface area (Å²) in [7, 11) is 0. The Balaban J connectivity index is 2.96. The summed E-state index contributed by atoms with van der Waals surface area (Å²) in [6.45, 7) is 3.59. The maximum atomic E-state index is 12.7. The number of nitrogens with one attached hydrogen (secondary N) is 1. The third-order valence-corrected chi connectivity index (χ3v) is 3.54. The summed E-state index contributed by atoms with van der Waals surface area (Å²) in [5, 5.41) is 11.8. The first-order valence-corrected chi connectivity index (χ1v) is 7.23. The smallest absolute Gasteiger partial charge is 0.394 e. The van der Waals surface area contributed by atoms with Crippen LogP contribution >= 0.6 is 15.9 Å². The molecular formula is C14H17BrF3NO2. The Kier molecular flexibility index (Phi) is 6.22. The van der Waals surface area contributed by atoms with Crippen molar-refractivity contribution in [3.8, 4) is 0 Å². The van der Waals surface area contributed by atoms with Gasteiger partial charge in [-0.2, -0.15) is 13.2 Å².